The number of carbonyl (C=O) groups is 1. The number of ether oxygens (including phenoxy) is 1. The molecule has 106 valence electrons. The van der Waals surface area contributed by atoms with Crippen molar-refractivity contribution in [2.75, 3.05) is 13.7 Å². The van der Waals surface area contributed by atoms with Gasteiger partial charge in [0.1, 0.15) is 10.6 Å². The maximum atomic E-state index is 12.0. The Kier molecular flexibility index (Phi) is 5.25. The quantitative estimate of drug-likeness (QED) is 0.586. The monoisotopic (exact) mass is 296 g/mol. The average molecular weight is 296 g/mol. The smallest absolute Gasteiger partial charge is 0.328 e. The van der Waals surface area contributed by atoms with E-state index < -0.39 is 16.0 Å². The number of carboxylic acid groups (broad SMARTS) is 1. The fraction of sp³-hybridized carbons (Fsp3) is 0.167. The first-order chi connectivity index (χ1) is 9.40. The van der Waals surface area contributed by atoms with E-state index in [9.17, 15) is 13.2 Å². The summed E-state index contributed by atoms with van der Waals surface area (Å²) in [5, 5.41) is 17.0. The number of benzene rings is 1. The first kappa shape index (κ1) is 15.7. The molecule has 0 aromatic heterocycles. The average Bonchev–Trinajstić information content (AvgIpc) is 2.42. The zero-order valence-electron chi connectivity index (χ0n) is 10.5. The van der Waals surface area contributed by atoms with Crippen LogP contribution in [0.15, 0.2) is 29.2 Å². The lowest BCUT2D eigenvalue weighted by molar-refractivity contribution is -0.131. The molecule has 0 amide bonds. The molecule has 0 bridgehead atoms. The number of aliphatic carboxylic acids is 1. The van der Waals surface area contributed by atoms with E-state index in [0.29, 0.717) is 5.56 Å². The standard InChI is InChI=1S/C12H12N2O5S/c1-19-10-4-2-9(3-5-12(15)16)8-11(10)20(17,18)14-7-6-13/h2-5,8,14H,7H2,1H3,(H,15,16). The molecule has 0 radical (unpaired) electrons. The van der Waals surface area contributed by atoms with E-state index >= 15 is 0 Å². The van der Waals surface area contributed by atoms with Gasteiger partial charge >= 0.3 is 5.97 Å². The molecule has 1 rings (SSSR count). The summed E-state index contributed by atoms with van der Waals surface area (Å²) in [6, 6.07) is 5.85. The van der Waals surface area contributed by atoms with Crippen molar-refractivity contribution < 1.29 is 23.1 Å². The van der Waals surface area contributed by atoms with Gasteiger partial charge in [-0.05, 0) is 23.8 Å². The maximum Gasteiger partial charge on any atom is 0.328 e. The summed E-state index contributed by atoms with van der Waals surface area (Å²) in [6.45, 7) is -0.374. The van der Waals surface area contributed by atoms with Crippen molar-refractivity contribution >= 4 is 22.1 Å². The molecule has 7 nitrogen and oxygen atoms in total. The number of carboxylic acids is 1. The van der Waals surface area contributed by atoms with Crippen LogP contribution in [-0.4, -0.2) is 33.1 Å². The lowest BCUT2D eigenvalue weighted by Gasteiger charge is -2.10. The highest BCUT2D eigenvalue weighted by Gasteiger charge is 2.19. The Hall–Kier alpha value is -2.37. The van der Waals surface area contributed by atoms with Crippen molar-refractivity contribution in [1.29, 1.82) is 5.26 Å². The van der Waals surface area contributed by atoms with Crippen molar-refractivity contribution in [3.63, 3.8) is 0 Å². The Balaban J connectivity index is 3.26. The highest BCUT2D eigenvalue weighted by Crippen LogP contribution is 2.25. The Morgan fingerprint density at radius 2 is 2.25 bits per heavy atom. The van der Waals surface area contributed by atoms with Crippen molar-refractivity contribution in [3.8, 4) is 11.8 Å². The molecule has 0 aliphatic carbocycles. The van der Waals surface area contributed by atoms with E-state index in [1.807, 2.05) is 0 Å². The van der Waals surface area contributed by atoms with Crippen LogP contribution in [0.4, 0.5) is 0 Å². The van der Waals surface area contributed by atoms with Gasteiger partial charge in [0.15, 0.2) is 0 Å². The molecular weight excluding hydrogens is 284 g/mol. The minimum atomic E-state index is -3.91. The molecule has 1 aromatic rings. The van der Waals surface area contributed by atoms with Gasteiger partial charge in [0, 0.05) is 6.08 Å². The molecule has 1 aromatic carbocycles. The van der Waals surface area contributed by atoms with Gasteiger partial charge in [0.2, 0.25) is 10.0 Å². The lowest BCUT2D eigenvalue weighted by atomic mass is 10.2. The molecule has 0 heterocycles. The molecule has 0 fully saturated rings. The van der Waals surface area contributed by atoms with E-state index in [1.165, 1.54) is 31.4 Å². The Morgan fingerprint density at radius 3 is 2.80 bits per heavy atom. The summed E-state index contributed by atoms with van der Waals surface area (Å²) in [5.41, 5.74) is 0.380. The Bertz CT molecular complexity index is 674. The van der Waals surface area contributed by atoms with Crippen LogP contribution < -0.4 is 9.46 Å². The summed E-state index contributed by atoms with van der Waals surface area (Å²) in [4.78, 5) is 10.3. The molecule has 0 saturated heterocycles. The zero-order chi connectivity index (χ0) is 15.2. The zero-order valence-corrected chi connectivity index (χ0v) is 11.3. The van der Waals surface area contributed by atoms with Gasteiger partial charge in [-0.25, -0.2) is 13.2 Å². The summed E-state index contributed by atoms with van der Waals surface area (Å²) in [6.07, 6.45) is 2.14. The van der Waals surface area contributed by atoms with Crippen LogP contribution in [0.3, 0.4) is 0 Å². The fourth-order valence-corrected chi connectivity index (χ4v) is 2.50. The number of nitriles is 1. The number of rotatable bonds is 6. The van der Waals surface area contributed by atoms with Gasteiger partial charge < -0.3 is 9.84 Å². The minimum Gasteiger partial charge on any atom is -0.495 e. The maximum absolute atomic E-state index is 12.0. The van der Waals surface area contributed by atoms with E-state index in [1.54, 1.807) is 6.07 Å². The van der Waals surface area contributed by atoms with Crippen LogP contribution in [0.25, 0.3) is 6.08 Å². The first-order valence-corrected chi connectivity index (χ1v) is 6.84. The number of sulfonamides is 1. The third-order valence-corrected chi connectivity index (χ3v) is 3.66. The number of hydrogen-bond acceptors (Lipinski definition) is 5. The number of nitrogens with one attached hydrogen (secondary N) is 1. The van der Waals surface area contributed by atoms with Crippen molar-refractivity contribution in [1.82, 2.24) is 4.72 Å². The van der Waals surface area contributed by atoms with Gasteiger partial charge in [0.05, 0.1) is 19.7 Å². The molecule has 0 aliphatic rings. The molecular formula is C12H12N2O5S. The minimum absolute atomic E-state index is 0.0999. The second kappa shape index (κ2) is 6.70. The number of nitrogens with zero attached hydrogens (tertiary/aromatic N) is 1. The van der Waals surface area contributed by atoms with Crippen LogP contribution in [-0.2, 0) is 14.8 Å². The van der Waals surface area contributed by atoms with Crippen molar-refractivity contribution in [3.05, 3.63) is 29.8 Å². The van der Waals surface area contributed by atoms with Crippen LogP contribution in [0.1, 0.15) is 5.56 Å². The number of methoxy groups -OCH3 is 1. The van der Waals surface area contributed by atoms with E-state index in [0.717, 1.165) is 6.08 Å². The van der Waals surface area contributed by atoms with Crippen LogP contribution in [0, 0.1) is 11.3 Å². The van der Waals surface area contributed by atoms with Crippen LogP contribution in [0.2, 0.25) is 0 Å². The Morgan fingerprint density at radius 1 is 1.55 bits per heavy atom. The molecule has 0 atom stereocenters. The number of hydrogen-bond donors (Lipinski definition) is 2. The van der Waals surface area contributed by atoms with Gasteiger partial charge in [-0.2, -0.15) is 9.98 Å². The molecule has 8 heteroatoms. The highest BCUT2D eigenvalue weighted by molar-refractivity contribution is 7.89. The molecule has 20 heavy (non-hydrogen) atoms. The predicted molar refractivity (Wildman–Crippen MR) is 70.5 cm³/mol. The molecule has 0 unspecified atom stereocenters. The second-order valence-electron chi connectivity index (χ2n) is 3.56. The van der Waals surface area contributed by atoms with E-state index in [4.69, 9.17) is 15.1 Å². The van der Waals surface area contributed by atoms with Gasteiger partial charge in [0.25, 0.3) is 0 Å². The molecule has 0 spiro atoms. The fourth-order valence-electron chi connectivity index (χ4n) is 1.38. The summed E-state index contributed by atoms with van der Waals surface area (Å²) in [7, 11) is -2.59. The topological polar surface area (TPSA) is 116 Å². The summed E-state index contributed by atoms with van der Waals surface area (Å²) < 4.78 is 31.0. The highest BCUT2D eigenvalue weighted by atomic mass is 32.2. The van der Waals surface area contributed by atoms with E-state index in [2.05, 4.69) is 4.72 Å². The third kappa shape index (κ3) is 4.08. The second-order valence-corrected chi connectivity index (χ2v) is 5.30. The molecule has 2 N–H and O–H groups in total. The Labute approximate surface area is 116 Å². The largest absolute Gasteiger partial charge is 0.495 e. The van der Waals surface area contributed by atoms with Gasteiger partial charge in [-0.1, -0.05) is 6.07 Å². The summed E-state index contributed by atoms with van der Waals surface area (Å²) >= 11 is 0. The summed E-state index contributed by atoms with van der Waals surface area (Å²) in [5.74, 6) is -1.05. The van der Waals surface area contributed by atoms with Crippen LogP contribution in [0.5, 0.6) is 5.75 Å². The molecule has 0 saturated carbocycles. The van der Waals surface area contributed by atoms with Crippen LogP contribution >= 0.6 is 0 Å². The first-order valence-electron chi connectivity index (χ1n) is 5.36. The normalized spacial score (nSPS) is 11.2. The van der Waals surface area contributed by atoms with E-state index in [-0.39, 0.29) is 17.2 Å². The van der Waals surface area contributed by atoms with Crippen molar-refractivity contribution in [2.24, 2.45) is 0 Å². The van der Waals surface area contributed by atoms with Crippen molar-refractivity contribution in [2.45, 2.75) is 4.90 Å². The SMILES string of the molecule is COc1ccc(C=CC(=O)O)cc1S(=O)(=O)NCC#N. The third-order valence-electron chi connectivity index (χ3n) is 2.24. The predicted octanol–water partition coefficient (Wildman–Crippen LogP) is 0.595. The molecule has 0 aliphatic heterocycles. The van der Waals surface area contributed by atoms with Gasteiger partial charge in [-0.15, -0.1) is 0 Å². The lowest BCUT2D eigenvalue weighted by Crippen LogP contribution is -2.24. The van der Waals surface area contributed by atoms with Gasteiger partial charge in [-0.3, -0.25) is 0 Å².